The van der Waals surface area contributed by atoms with E-state index in [1.807, 2.05) is 0 Å². The maximum Gasteiger partial charge on any atom is 0.00109 e. The molecule has 0 heterocycles. The Morgan fingerprint density at radius 2 is 2.15 bits per heavy atom. The van der Waals surface area contributed by atoms with Gasteiger partial charge in [0.2, 0.25) is 0 Å². The lowest BCUT2D eigenvalue weighted by Gasteiger charge is -2.13. The lowest BCUT2D eigenvalue weighted by Crippen LogP contribution is -2.26. The van der Waals surface area contributed by atoms with Crippen LogP contribution in [-0.2, 0) is 0 Å². The van der Waals surface area contributed by atoms with Crippen molar-refractivity contribution >= 4 is 0 Å². The van der Waals surface area contributed by atoms with Gasteiger partial charge in [-0.3, -0.25) is 0 Å². The molecule has 0 aromatic heterocycles. The second kappa shape index (κ2) is 4.97. The van der Waals surface area contributed by atoms with Crippen molar-refractivity contribution in [2.45, 2.75) is 52.0 Å². The summed E-state index contributed by atoms with van der Waals surface area (Å²) in [4.78, 5) is 0. The van der Waals surface area contributed by atoms with E-state index in [0.29, 0.717) is 11.5 Å². The summed E-state index contributed by atoms with van der Waals surface area (Å²) >= 11 is 0. The van der Waals surface area contributed by atoms with Gasteiger partial charge in [0.1, 0.15) is 0 Å². The Morgan fingerprint density at radius 3 is 2.62 bits per heavy atom. The summed E-state index contributed by atoms with van der Waals surface area (Å²) < 4.78 is 0. The minimum absolute atomic E-state index is 0.364. The molecule has 1 unspecified atom stereocenters. The number of nitrogens with one attached hydrogen (secondary N) is 1. The number of hydrogen-bond acceptors (Lipinski definition) is 2. The van der Waals surface area contributed by atoms with Gasteiger partial charge in [0.25, 0.3) is 0 Å². The molecule has 78 valence electrons. The zero-order valence-corrected chi connectivity index (χ0v) is 9.10. The van der Waals surface area contributed by atoms with Gasteiger partial charge in [-0.15, -0.1) is 0 Å². The molecular formula is C11H24N2. The van der Waals surface area contributed by atoms with Gasteiger partial charge in [0.05, 0.1) is 0 Å². The largest absolute Gasteiger partial charge is 0.328 e. The molecule has 0 aromatic rings. The minimum atomic E-state index is 0.364. The van der Waals surface area contributed by atoms with E-state index >= 15 is 0 Å². The fourth-order valence-corrected chi connectivity index (χ4v) is 1.73. The highest BCUT2D eigenvalue weighted by Crippen LogP contribution is 2.47. The van der Waals surface area contributed by atoms with Crippen LogP contribution in [0.5, 0.6) is 0 Å². The first kappa shape index (κ1) is 11.0. The van der Waals surface area contributed by atoms with Crippen molar-refractivity contribution in [3.05, 3.63) is 0 Å². The average molecular weight is 184 g/mol. The van der Waals surface area contributed by atoms with E-state index in [0.717, 1.165) is 13.0 Å². The molecule has 13 heavy (non-hydrogen) atoms. The maximum absolute atomic E-state index is 5.67. The van der Waals surface area contributed by atoms with Gasteiger partial charge in [-0.1, -0.05) is 6.92 Å². The highest BCUT2D eigenvalue weighted by molar-refractivity contribution is 4.93. The van der Waals surface area contributed by atoms with Gasteiger partial charge >= 0.3 is 0 Å². The van der Waals surface area contributed by atoms with Crippen LogP contribution in [0.15, 0.2) is 0 Å². The first-order valence-corrected chi connectivity index (χ1v) is 5.65. The standard InChI is InChI=1S/C11H24N2/c1-3-11(6-7-11)9-13-8-4-5-10(2)12/h10,13H,3-9,12H2,1-2H3. The Bertz CT molecular complexity index is 139. The lowest BCUT2D eigenvalue weighted by atomic mass is 10.0. The Balaban J connectivity index is 1.90. The molecule has 2 heteroatoms. The van der Waals surface area contributed by atoms with Crippen molar-refractivity contribution in [3.63, 3.8) is 0 Å². The molecule has 0 bridgehead atoms. The predicted octanol–water partition coefficient (Wildman–Crippen LogP) is 1.89. The smallest absolute Gasteiger partial charge is 0.00109 e. The molecule has 1 aliphatic carbocycles. The molecule has 1 fully saturated rings. The van der Waals surface area contributed by atoms with Crippen molar-refractivity contribution < 1.29 is 0 Å². The topological polar surface area (TPSA) is 38.0 Å². The fraction of sp³-hybridized carbons (Fsp3) is 1.00. The van der Waals surface area contributed by atoms with Crippen molar-refractivity contribution in [1.82, 2.24) is 5.32 Å². The predicted molar refractivity (Wildman–Crippen MR) is 57.7 cm³/mol. The molecule has 0 amide bonds. The average Bonchev–Trinajstić information content (AvgIpc) is 2.84. The Labute approximate surface area is 82.3 Å². The SMILES string of the molecule is CCC1(CNCCCC(C)N)CC1. The van der Waals surface area contributed by atoms with Crippen LogP contribution in [0, 0.1) is 5.41 Å². The monoisotopic (exact) mass is 184 g/mol. The summed E-state index contributed by atoms with van der Waals surface area (Å²) in [6, 6.07) is 0.364. The molecule has 1 saturated carbocycles. The fourth-order valence-electron chi connectivity index (χ4n) is 1.73. The van der Waals surface area contributed by atoms with Crippen LogP contribution in [0.3, 0.4) is 0 Å². The normalized spacial score (nSPS) is 21.5. The Morgan fingerprint density at radius 1 is 1.46 bits per heavy atom. The number of rotatable bonds is 7. The van der Waals surface area contributed by atoms with Crippen molar-refractivity contribution in [3.8, 4) is 0 Å². The van der Waals surface area contributed by atoms with Crippen molar-refractivity contribution in [2.24, 2.45) is 11.1 Å². The lowest BCUT2D eigenvalue weighted by molar-refractivity contribution is 0.436. The van der Waals surface area contributed by atoms with E-state index in [2.05, 4.69) is 19.2 Å². The minimum Gasteiger partial charge on any atom is -0.328 e. The molecule has 0 spiro atoms. The van der Waals surface area contributed by atoms with Crippen LogP contribution < -0.4 is 11.1 Å². The van der Waals surface area contributed by atoms with Gasteiger partial charge in [-0.25, -0.2) is 0 Å². The third-order valence-corrected chi connectivity index (χ3v) is 3.22. The van der Waals surface area contributed by atoms with Crippen LogP contribution in [0.4, 0.5) is 0 Å². The summed E-state index contributed by atoms with van der Waals surface area (Å²) in [5.41, 5.74) is 6.36. The van der Waals surface area contributed by atoms with Gasteiger partial charge < -0.3 is 11.1 Å². The van der Waals surface area contributed by atoms with E-state index in [9.17, 15) is 0 Å². The van der Waals surface area contributed by atoms with E-state index in [1.165, 1.54) is 32.2 Å². The number of hydrogen-bond donors (Lipinski definition) is 2. The summed E-state index contributed by atoms with van der Waals surface area (Å²) in [7, 11) is 0. The molecule has 0 radical (unpaired) electrons. The quantitative estimate of drug-likeness (QED) is 0.593. The molecule has 1 rings (SSSR count). The molecule has 0 aromatic carbocycles. The van der Waals surface area contributed by atoms with E-state index in [-0.39, 0.29) is 0 Å². The first-order valence-electron chi connectivity index (χ1n) is 5.65. The van der Waals surface area contributed by atoms with Gasteiger partial charge in [-0.05, 0) is 51.0 Å². The molecule has 1 atom stereocenters. The molecular weight excluding hydrogens is 160 g/mol. The Hall–Kier alpha value is -0.0800. The molecule has 1 aliphatic rings. The zero-order chi connectivity index (χ0) is 9.73. The van der Waals surface area contributed by atoms with Gasteiger partial charge in [-0.2, -0.15) is 0 Å². The van der Waals surface area contributed by atoms with E-state index in [1.54, 1.807) is 0 Å². The number of nitrogens with two attached hydrogens (primary N) is 1. The van der Waals surface area contributed by atoms with Crippen LogP contribution in [0.2, 0.25) is 0 Å². The summed E-state index contributed by atoms with van der Waals surface area (Å²) in [6.07, 6.45) is 6.57. The van der Waals surface area contributed by atoms with Crippen molar-refractivity contribution in [2.75, 3.05) is 13.1 Å². The summed E-state index contributed by atoms with van der Waals surface area (Å²) in [5, 5.41) is 3.54. The van der Waals surface area contributed by atoms with Crippen LogP contribution in [0.25, 0.3) is 0 Å². The Kier molecular flexibility index (Phi) is 4.20. The summed E-state index contributed by atoms with van der Waals surface area (Å²) in [5.74, 6) is 0. The first-order chi connectivity index (χ1) is 6.18. The zero-order valence-electron chi connectivity index (χ0n) is 9.10. The highest BCUT2D eigenvalue weighted by atomic mass is 14.9. The second-order valence-corrected chi connectivity index (χ2v) is 4.65. The second-order valence-electron chi connectivity index (χ2n) is 4.65. The third-order valence-electron chi connectivity index (χ3n) is 3.22. The van der Waals surface area contributed by atoms with Crippen LogP contribution in [0.1, 0.15) is 46.0 Å². The maximum atomic E-state index is 5.67. The van der Waals surface area contributed by atoms with E-state index in [4.69, 9.17) is 5.73 Å². The third kappa shape index (κ3) is 4.10. The van der Waals surface area contributed by atoms with Gasteiger partial charge in [0, 0.05) is 12.6 Å². The van der Waals surface area contributed by atoms with Crippen molar-refractivity contribution in [1.29, 1.82) is 0 Å². The van der Waals surface area contributed by atoms with Crippen LogP contribution >= 0.6 is 0 Å². The van der Waals surface area contributed by atoms with Gasteiger partial charge in [0.15, 0.2) is 0 Å². The molecule has 2 nitrogen and oxygen atoms in total. The van der Waals surface area contributed by atoms with E-state index < -0.39 is 0 Å². The molecule has 3 N–H and O–H groups in total. The van der Waals surface area contributed by atoms with Crippen LogP contribution in [-0.4, -0.2) is 19.1 Å². The molecule has 0 aliphatic heterocycles. The highest BCUT2D eigenvalue weighted by Gasteiger charge is 2.39. The molecule has 0 saturated heterocycles. The summed E-state index contributed by atoms with van der Waals surface area (Å²) in [6.45, 7) is 6.75.